The minimum absolute atomic E-state index is 0.0371. The van der Waals surface area contributed by atoms with E-state index >= 15 is 0 Å². The van der Waals surface area contributed by atoms with Gasteiger partial charge in [-0.25, -0.2) is 4.79 Å². The van der Waals surface area contributed by atoms with Crippen LogP contribution in [0.2, 0.25) is 0 Å². The summed E-state index contributed by atoms with van der Waals surface area (Å²) in [5, 5.41) is 14.0. The van der Waals surface area contributed by atoms with Crippen LogP contribution < -0.4 is 10.2 Å². The number of aryl methyl sites for hydroxylation is 1. The van der Waals surface area contributed by atoms with Crippen LogP contribution in [0.3, 0.4) is 0 Å². The molecule has 1 saturated heterocycles. The van der Waals surface area contributed by atoms with Gasteiger partial charge in [-0.2, -0.15) is 0 Å². The highest BCUT2D eigenvalue weighted by Gasteiger charge is 2.25. The number of amides is 2. The maximum atomic E-state index is 13.1. The smallest absolute Gasteiger partial charge is 0.338 e. The van der Waals surface area contributed by atoms with Crippen LogP contribution in [-0.2, 0) is 4.74 Å². The molecular formula is C28H28N4O6. The summed E-state index contributed by atoms with van der Waals surface area (Å²) in [5.74, 6) is -1.02. The van der Waals surface area contributed by atoms with Crippen LogP contribution in [-0.4, -0.2) is 60.4 Å². The summed E-state index contributed by atoms with van der Waals surface area (Å²) < 4.78 is 5.12. The Bertz CT molecular complexity index is 1370. The Morgan fingerprint density at radius 1 is 0.921 bits per heavy atom. The van der Waals surface area contributed by atoms with Crippen LogP contribution in [0.5, 0.6) is 0 Å². The van der Waals surface area contributed by atoms with Gasteiger partial charge in [-0.05, 0) is 56.3 Å². The first kappa shape index (κ1) is 26.3. The SMILES string of the molecule is CCOC(=O)c1ccc(N2CCN(C(=O)c3ccccc3)CC2)c(NC(=O)c2ccc([N+](=O)[O-])c(C)c2)c1. The zero-order valence-corrected chi connectivity index (χ0v) is 21.2. The lowest BCUT2D eigenvalue weighted by molar-refractivity contribution is -0.385. The highest BCUT2D eigenvalue weighted by molar-refractivity contribution is 6.07. The lowest BCUT2D eigenvalue weighted by Gasteiger charge is -2.37. The summed E-state index contributed by atoms with van der Waals surface area (Å²) in [4.78, 5) is 52.8. The van der Waals surface area contributed by atoms with Gasteiger partial charge in [-0.3, -0.25) is 19.7 Å². The van der Waals surface area contributed by atoms with Crippen molar-refractivity contribution < 1.29 is 24.0 Å². The average Bonchev–Trinajstić information content (AvgIpc) is 2.93. The first-order valence-corrected chi connectivity index (χ1v) is 12.2. The van der Waals surface area contributed by atoms with Crippen molar-refractivity contribution in [2.45, 2.75) is 13.8 Å². The van der Waals surface area contributed by atoms with Gasteiger partial charge in [0.05, 0.1) is 28.5 Å². The molecule has 196 valence electrons. The molecule has 3 aromatic carbocycles. The Balaban J connectivity index is 1.56. The topological polar surface area (TPSA) is 122 Å². The molecular weight excluding hydrogens is 488 g/mol. The molecule has 1 N–H and O–H groups in total. The summed E-state index contributed by atoms with van der Waals surface area (Å²) in [7, 11) is 0. The molecule has 0 saturated carbocycles. The molecule has 3 aromatic rings. The zero-order chi connectivity index (χ0) is 27.2. The number of piperazine rings is 1. The van der Waals surface area contributed by atoms with Crippen LogP contribution in [0.15, 0.2) is 66.7 Å². The van der Waals surface area contributed by atoms with Crippen molar-refractivity contribution in [2.75, 3.05) is 43.0 Å². The number of hydrogen-bond acceptors (Lipinski definition) is 7. The number of esters is 1. The second kappa shape index (κ2) is 11.5. The highest BCUT2D eigenvalue weighted by Crippen LogP contribution is 2.30. The van der Waals surface area contributed by atoms with Crippen LogP contribution in [0.1, 0.15) is 43.6 Å². The molecule has 4 rings (SSSR count). The first-order chi connectivity index (χ1) is 18.3. The Morgan fingerprint density at radius 2 is 1.61 bits per heavy atom. The van der Waals surface area contributed by atoms with E-state index in [1.165, 1.54) is 18.2 Å². The summed E-state index contributed by atoms with van der Waals surface area (Å²) in [6.07, 6.45) is 0. The molecule has 0 spiro atoms. The molecule has 1 heterocycles. The predicted molar refractivity (Wildman–Crippen MR) is 143 cm³/mol. The first-order valence-electron chi connectivity index (χ1n) is 12.2. The molecule has 1 aliphatic rings. The zero-order valence-electron chi connectivity index (χ0n) is 21.2. The molecule has 0 atom stereocenters. The lowest BCUT2D eigenvalue weighted by atomic mass is 10.1. The molecule has 38 heavy (non-hydrogen) atoms. The van der Waals surface area contributed by atoms with Gasteiger partial charge in [0.1, 0.15) is 0 Å². The van der Waals surface area contributed by atoms with Crippen molar-refractivity contribution in [3.8, 4) is 0 Å². The van der Waals surface area contributed by atoms with Crippen LogP contribution >= 0.6 is 0 Å². The normalized spacial score (nSPS) is 13.1. The van der Waals surface area contributed by atoms with E-state index in [1.54, 1.807) is 49.1 Å². The van der Waals surface area contributed by atoms with E-state index < -0.39 is 16.8 Å². The molecule has 10 heteroatoms. The summed E-state index contributed by atoms with van der Waals surface area (Å²) in [5.41, 5.74) is 2.54. The molecule has 1 aliphatic heterocycles. The third kappa shape index (κ3) is 5.80. The van der Waals surface area contributed by atoms with E-state index in [0.717, 1.165) is 0 Å². The molecule has 2 amide bonds. The standard InChI is InChI=1S/C28H28N4O6/c1-3-38-28(35)22-10-12-25(30-13-15-31(16-14-30)27(34)20-7-5-4-6-8-20)23(18-22)29-26(33)21-9-11-24(32(36)37)19(2)17-21/h4-12,17-18H,3,13-16H2,1-2H3,(H,29,33). The Kier molecular flexibility index (Phi) is 8.00. The van der Waals surface area contributed by atoms with Crippen molar-refractivity contribution in [1.82, 2.24) is 4.90 Å². The minimum atomic E-state index is -0.515. The van der Waals surface area contributed by atoms with Crippen molar-refractivity contribution in [2.24, 2.45) is 0 Å². The van der Waals surface area contributed by atoms with E-state index in [1.807, 2.05) is 23.1 Å². The number of rotatable bonds is 7. The third-order valence-electron chi connectivity index (χ3n) is 6.34. The van der Waals surface area contributed by atoms with Crippen LogP contribution in [0.4, 0.5) is 17.1 Å². The van der Waals surface area contributed by atoms with E-state index in [-0.39, 0.29) is 29.3 Å². The van der Waals surface area contributed by atoms with Crippen molar-refractivity contribution >= 4 is 34.8 Å². The summed E-state index contributed by atoms with van der Waals surface area (Å²) in [6, 6.07) is 18.2. The molecule has 10 nitrogen and oxygen atoms in total. The van der Waals surface area contributed by atoms with Gasteiger partial charge >= 0.3 is 5.97 Å². The number of nitro benzene ring substituents is 1. The van der Waals surface area contributed by atoms with Gasteiger partial charge < -0.3 is 19.9 Å². The van der Waals surface area contributed by atoms with Gasteiger partial charge in [0.2, 0.25) is 0 Å². The fraction of sp³-hybridized carbons (Fsp3) is 0.250. The molecule has 0 bridgehead atoms. The number of nitrogens with zero attached hydrogens (tertiary/aromatic N) is 3. The summed E-state index contributed by atoms with van der Waals surface area (Å²) >= 11 is 0. The summed E-state index contributed by atoms with van der Waals surface area (Å²) in [6.45, 7) is 5.51. The Morgan fingerprint density at radius 3 is 2.24 bits per heavy atom. The largest absolute Gasteiger partial charge is 0.462 e. The minimum Gasteiger partial charge on any atom is -0.462 e. The molecule has 0 aliphatic carbocycles. The number of anilines is 2. The number of carbonyl (C=O) groups is 3. The second-order valence-electron chi connectivity index (χ2n) is 8.81. The Hall–Kier alpha value is -4.73. The maximum absolute atomic E-state index is 13.1. The molecule has 0 radical (unpaired) electrons. The molecule has 0 unspecified atom stereocenters. The number of hydrogen-bond donors (Lipinski definition) is 1. The van der Waals surface area contributed by atoms with Crippen molar-refractivity contribution in [3.63, 3.8) is 0 Å². The number of carbonyl (C=O) groups excluding carboxylic acids is 3. The van der Waals surface area contributed by atoms with Gasteiger partial charge in [-0.1, -0.05) is 18.2 Å². The number of nitrogens with one attached hydrogen (secondary N) is 1. The quantitative estimate of drug-likeness (QED) is 0.282. The second-order valence-corrected chi connectivity index (χ2v) is 8.81. The third-order valence-corrected chi connectivity index (χ3v) is 6.34. The highest BCUT2D eigenvalue weighted by atomic mass is 16.6. The number of nitro groups is 1. The van der Waals surface area contributed by atoms with E-state index in [0.29, 0.717) is 48.7 Å². The van der Waals surface area contributed by atoms with Crippen molar-refractivity contribution in [3.05, 3.63) is 99.1 Å². The molecule has 1 fully saturated rings. The van der Waals surface area contributed by atoms with E-state index in [2.05, 4.69) is 5.32 Å². The van der Waals surface area contributed by atoms with Crippen molar-refractivity contribution in [1.29, 1.82) is 0 Å². The van der Waals surface area contributed by atoms with E-state index in [4.69, 9.17) is 4.74 Å². The lowest BCUT2D eigenvalue weighted by Crippen LogP contribution is -2.49. The predicted octanol–water partition coefficient (Wildman–Crippen LogP) is 4.29. The van der Waals surface area contributed by atoms with E-state index in [9.17, 15) is 24.5 Å². The van der Waals surface area contributed by atoms with Crippen LogP contribution in [0, 0.1) is 17.0 Å². The average molecular weight is 517 g/mol. The fourth-order valence-electron chi connectivity index (χ4n) is 4.36. The Labute approximate surface area is 220 Å². The van der Waals surface area contributed by atoms with Gasteiger partial charge in [0.15, 0.2) is 0 Å². The monoisotopic (exact) mass is 516 g/mol. The van der Waals surface area contributed by atoms with Gasteiger partial charge in [0.25, 0.3) is 17.5 Å². The number of ether oxygens (including phenoxy) is 1. The number of benzene rings is 3. The van der Waals surface area contributed by atoms with Gasteiger partial charge in [0, 0.05) is 48.9 Å². The fourth-order valence-corrected chi connectivity index (χ4v) is 4.36. The van der Waals surface area contributed by atoms with Crippen LogP contribution in [0.25, 0.3) is 0 Å². The maximum Gasteiger partial charge on any atom is 0.338 e. The molecule has 0 aromatic heterocycles. The van der Waals surface area contributed by atoms with Gasteiger partial charge in [-0.15, -0.1) is 0 Å².